The molecule has 1 aliphatic rings. The van der Waals surface area contributed by atoms with Crippen LogP contribution < -0.4 is 5.73 Å². The highest BCUT2D eigenvalue weighted by Gasteiger charge is 2.28. The van der Waals surface area contributed by atoms with Gasteiger partial charge in [0.2, 0.25) is 0 Å². The van der Waals surface area contributed by atoms with E-state index >= 15 is 0 Å². The number of likely N-dealkylation sites (N-methyl/N-ethyl adjacent to an activating group) is 1. The lowest BCUT2D eigenvalue weighted by atomic mass is 9.94. The number of carbonyl (C=O) groups excluding carboxylic acids is 2. The Hall–Kier alpha value is -2.18. The number of nitrogens with two attached hydrogens (primary N) is 1. The molecule has 22 heavy (non-hydrogen) atoms. The molecule has 1 aromatic rings. The molecule has 0 saturated heterocycles. The number of esters is 1. The van der Waals surface area contributed by atoms with Crippen molar-refractivity contribution in [3.63, 3.8) is 0 Å². The molecule has 1 saturated carbocycles. The van der Waals surface area contributed by atoms with E-state index in [0.29, 0.717) is 0 Å². The largest absolute Gasteiger partial charge is 0.448 e. The number of ether oxygens (including phenoxy) is 1. The Bertz CT molecular complexity index is 543. The maximum absolute atomic E-state index is 12.4. The van der Waals surface area contributed by atoms with Crippen molar-refractivity contribution in [3.8, 4) is 0 Å². The molecule has 7 nitrogen and oxygen atoms in total. The van der Waals surface area contributed by atoms with Crippen molar-refractivity contribution in [2.75, 3.05) is 12.8 Å². The van der Waals surface area contributed by atoms with Crippen LogP contribution in [0.2, 0.25) is 0 Å². The summed E-state index contributed by atoms with van der Waals surface area (Å²) in [5, 5.41) is 0. The summed E-state index contributed by atoms with van der Waals surface area (Å²) in [6, 6.07) is 0.226. The summed E-state index contributed by atoms with van der Waals surface area (Å²) in [4.78, 5) is 33.7. The second-order valence-electron chi connectivity index (χ2n) is 5.58. The number of carbonyl (C=O) groups is 2. The molecule has 7 heteroatoms. The first-order chi connectivity index (χ1) is 10.5. The zero-order valence-electron chi connectivity index (χ0n) is 13.0. The van der Waals surface area contributed by atoms with Crippen LogP contribution in [0.5, 0.6) is 0 Å². The fourth-order valence-electron chi connectivity index (χ4n) is 2.71. The van der Waals surface area contributed by atoms with Gasteiger partial charge < -0.3 is 15.4 Å². The van der Waals surface area contributed by atoms with Gasteiger partial charge in [-0.3, -0.25) is 4.79 Å². The summed E-state index contributed by atoms with van der Waals surface area (Å²) in [6.45, 7) is 1.56. The predicted octanol–water partition coefficient (Wildman–Crippen LogP) is 1.40. The monoisotopic (exact) mass is 306 g/mol. The molecule has 0 unspecified atom stereocenters. The van der Waals surface area contributed by atoms with Gasteiger partial charge in [0.05, 0.1) is 0 Å². The summed E-state index contributed by atoms with van der Waals surface area (Å²) in [5.41, 5.74) is 5.51. The third kappa shape index (κ3) is 3.72. The number of hydrogen-bond donors (Lipinski definition) is 1. The van der Waals surface area contributed by atoms with Crippen molar-refractivity contribution >= 4 is 17.7 Å². The van der Waals surface area contributed by atoms with E-state index in [2.05, 4.69) is 9.97 Å². The van der Waals surface area contributed by atoms with Gasteiger partial charge in [0, 0.05) is 25.5 Å². The SMILES string of the molecule is C[C@@H](OC(=O)c1nccnc1N)C(=O)N(C)C1CCCCC1. The van der Waals surface area contributed by atoms with Crippen LogP contribution in [0.15, 0.2) is 12.4 Å². The molecular weight excluding hydrogens is 284 g/mol. The lowest BCUT2D eigenvalue weighted by molar-refractivity contribution is -0.141. The van der Waals surface area contributed by atoms with E-state index in [1.165, 1.54) is 18.8 Å². The number of nitrogen functional groups attached to an aromatic ring is 1. The summed E-state index contributed by atoms with van der Waals surface area (Å²) in [7, 11) is 1.76. The predicted molar refractivity (Wildman–Crippen MR) is 81.0 cm³/mol. The van der Waals surface area contributed by atoms with Crippen LogP contribution in [0, 0.1) is 0 Å². The van der Waals surface area contributed by atoms with E-state index in [0.717, 1.165) is 25.7 Å². The van der Waals surface area contributed by atoms with Gasteiger partial charge in [-0.1, -0.05) is 19.3 Å². The molecule has 1 amide bonds. The first-order valence-electron chi connectivity index (χ1n) is 7.55. The molecule has 2 rings (SSSR count). The molecule has 1 aliphatic carbocycles. The zero-order chi connectivity index (χ0) is 16.1. The number of rotatable bonds is 4. The lowest BCUT2D eigenvalue weighted by Crippen LogP contribution is -2.44. The quantitative estimate of drug-likeness (QED) is 0.844. The number of nitrogens with zero attached hydrogens (tertiary/aromatic N) is 3. The normalized spacial score (nSPS) is 16.8. The number of amides is 1. The molecule has 1 aromatic heterocycles. The van der Waals surface area contributed by atoms with E-state index in [4.69, 9.17) is 10.5 Å². The molecule has 1 atom stereocenters. The third-order valence-electron chi connectivity index (χ3n) is 4.02. The molecule has 0 aliphatic heterocycles. The van der Waals surface area contributed by atoms with Crippen molar-refractivity contribution in [3.05, 3.63) is 18.1 Å². The first kappa shape index (κ1) is 16.2. The topological polar surface area (TPSA) is 98.4 Å². The molecule has 0 radical (unpaired) electrons. The van der Waals surface area contributed by atoms with Crippen LogP contribution in [-0.2, 0) is 9.53 Å². The van der Waals surface area contributed by atoms with Crippen LogP contribution in [0.1, 0.15) is 49.5 Å². The Morgan fingerprint density at radius 1 is 1.27 bits per heavy atom. The van der Waals surface area contributed by atoms with Crippen LogP contribution in [0.4, 0.5) is 5.82 Å². The first-order valence-corrected chi connectivity index (χ1v) is 7.55. The number of aromatic nitrogens is 2. The molecule has 120 valence electrons. The fourth-order valence-corrected chi connectivity index (χ4v) is 2.71. The minimum absolute atomic E-state index is 0.00668. The zero-order valence-corrected chi connectivity index (χ0v) is 13.0. The fraction of sp³-hybridized carbons (Fsp3) is 0.600. The second kappa shape index (κ2) is 7.20. The minimum atomic E-state index is -0.874. The molecule has 1 heterocycles. The van der Waals surface area contributed by atoms with Gasteiger partial charge in [-0.25, -0.2) is 14.8 Å². The standard InChI is InChI=1S/C15H22N4O3/c1-10(14(20)19(2)11-6-4-3-5-7-11)22-15(21)12-13(16)18-9-8-17-12/h8-11H,3-7H2,1-2H3,(H2,16,18)/t10-/m1/s1. The Kier molecular flexibility index (Phi) is 5.30. The third-order valence-corrected chi connectivity index (χ3v) is 4.02. The molecule has 1 fully saturated rings. The summed E-state index contributed by atoms with van der Waals surface area (Å²) >= 11 is 0. The van der Waals surface area contributed by atoms with Gasteiger partial charge in [0.1, 0.15) is 0 Å². The Morgan fingerprint density at radius 3 is 2.55 bits per heavy atom. The van der Waals surface area contributed by atoms with Crippen molar-refractivity contribution in [1.29, 1.82) is 0 Å². The van der Waals surface area contributed by atoms with E-state index in [-0.39, 0.29) is 23.5 Å². The smallest absolute Gasteiger partial charge is 0.361 e. The lowest BCUT2D eigenvalue weighted by Gasteiger charge is -2.32. The van der Waals surface area contributed by atoms with Crippen LogP contribution in [-0.4, -0.2) is 45.9 Å². The Morgan fingerprint density at radius 2 is 1.91 bits per heavy atom. The van der Waals surface area contributed by atoms with E-state index < -0.39 is 12.1 Å². The van der Waals surface area contributed by atoms with Gasteiger partial charge in [-0.15, -0.1) is 0 Å². The summed E-state index contributed by atoms with van der Waals surface area (Å²) < 4.78 is 5.18. The maximum Gasteiger partial charge on any atom is 0.361 e. The molecule has 0 spiro atoms. The van der Waals surface area contributed by atoms with Gasteiger partial charge >= 0.3 is 5.97 Å². The second-order valence-corrected chi connectivity index (χ2v) is 5.58. The average Bonchev–Trinajstić information content (AvgIpc) is 2.54. The Labute approximate surface area is 129 Å². The summed E-state index contributed by atoms with van der Waals surface area (Å²) in [5.74, 6) is -0.945. The molecule has 0 aromatic carbocycles. The average molecular weight is 306 g/mol. The molecule has 2 N–H and O–H groups in total. The van der Waals surface area contributed by atoms with E-state index in [1.807, 2.05) is 0 Å². The van der Waals surface area contributed by atoms with Gasteiger partial charge in [0.15, 0.2) is 17.6 Å². The van der Waals surface area contributed by atoms with Crippen molar-refractivity contribution in [2.24, 2.45) is 0 Å². The van der Waals surface area contributed by atoms with Gasteiger partial charge in [-0.2, -0.15) is 0 Å². The highest BCUT2D eigenvalue weighted by atomic mass is 16.5. The highest BCUT2D eigenvalue weighted by molar-refractivity contribution is 5.94. The highest BCUT2D eigenvalue weighted by Crippen LogP contribution is 2.22. The molecule has 0 bridgehead atoms. The van der Waals surface area contributed by atoms with Crippen LogP contribution in [0.25, 0.3) is 0 Å². The minimum Gasteiger partial charge on any atom is -0.448 e. The van der Waals surface area contributed by atoms with Crippen molar-refractivity contribution in [2.45, 2.75) is 51.2 Å². The van der Waals surface area contributed by atoms with E-state index in [9.17, 15) is 9.59 Å². The number of hydrogen-bond acceptors (Lipinski definition) is 6. The molecular formula is C15H22N4O3. The maximum atomic E-state index is 12.4. The van der Waals surface area contributed by atoms with Crippen molar-refractivity contribution < 1.29 is 14.3 Å². The van der Waals surface area contributed by atoms with Crippen molar-refractivity contribution in [1.82, 2.24) is 14.9 Å². The van der Waals surface area contributed by atoms with E-state index in [1.54, 1.807) is 18.9 Å². The number of anilines is 1. The van der Waals surface area contributed by atoms with Gasteiger partial charge in [0.25, 0.3) is 5.91 Å². The van der Waals surface area contributed by atoms with Gasteiger partial charge in [-0.05, 0) is 19.8 Å². The van der Waals surface area contributed by atoms with Crippen LogP contribution in [0.3, 0.4) is 0 Å². The van der Waals surface area contributed by atoms with Crippen LogP contribution >= 0.6 is 0 Å². The Balaban J connectivity index is 1.96. The summed E-state index contributed by atoms with van der Waals surface area (Å²) in [6.07, 6.45) is 7.35.